The molecule has 8 nitrogen and oxygen atoms in total. The smallest absolute Gasteiger partial charge is 0.242 e. The third-order valence-electron chi connectivity index (χ3n) is 4.19. The number of aromatic nitrogens is 4. The number of methoxy groups -OCH3 is 1. The van der Waals surface area contributed by atoms with Crippen LogP contribution < -0.4 is 10.1 Å². The first-order valence-corrected chi connectivity index (χ1v) is 8.08. The summed E-state index contributed by atoms with van der Waals surface area (Å²) >= 11 is 0. The predicted octanol–water partition coefficient (Wildman–Crippen LogP) is 0.462. The van der Waals surface area contributed by atoms with E-state index in [-0.39, 0.29) is 18.5 Å². The molecule has 128 valence electrons. The van der Waals surface area contributed by atoms with Crippen LogP contribution in [-0.4, -0.2) is 57.3 Å². The molecule has 2 heterocycles. The molecular formula is C16H22N6O2. The molecule has 1 fully saturated rings. The number of benzene rings is 1. The molecule has 3 rings (SSSR count). The first kappa shape index (κ1) is 16.4. The van der Waals surface area contributed by atoms with Gasteiger partial charge in [0.05, 0.1) is 7.11 Å². The lowest BCUT2D eigenvalue weighted by molar-refractivity contribution is -0.122. The number of piperidine rings is 1. The van der Waals surface area contributed by atoms with Crippen molar-refractivity contribution >= 4 is 5.91 Å². The van der Waals surface area contributed by atoms with Crippen LogP contribution in [0.1, 0.15) is 18.4 Å². The predicted molar refractivity (Wildman–Crippen MR) is 87.3 cm³/mol. The van der Waals surface area contributed by atoms with Crippen molar-refractivity contribution in [1.82, 2.24) is 30.4 Å². The lowest BCUT2D eigenvalue weighted by Gasteiger charge is -2.32. The molecular weight excluding hydrogens is 308 g/mol. The molecule has 1 aromatic heterocycles. The van der Waals surface area contributed by atoms with Gasteiger partial charge in [-0.3, -0.25) is 9.69 Å². The largest absolute Gasteiger partial charge is 0.497 e. The van der Waals surface area contributed by atoms with Gasteiger partial charge in [-0.1, -0.05) is 12.1 Å². The molecule has 1 aromatic carbocycles. The third-order valence-corrected chi connectivity index (χ3v) is 4.19. The van der Waals surface area contributed by atoms with E-state index in [9.17, 15) is 4.79 Å². The normalized spacial score (nSPS) is 16.0. The number of tetrazole rings is 1. The highest BCUT2D eigenvalue weighted by atomic mass is 16.5. The fourth-order valence-electron chi connectivity index (χ4n) is 2.94. The summed E-state index contributed by atoms with van der Waals surface area (Å²) in [6.45, 7) is 3.00. The van der Waals surface area contributed by atoms with E-state index in [4.69, 9.17) is 4.74 Å². The number of carbonyl (C=O) groups excluding carboxylic acids is 1. The number of amides is 1. The van der Waals surface area contributed by atoms with Gasteiger partial charge in [0.1, 0.15) is 18.6 Å². The van der Waals surface area contributed by atoms with Crippen LogP contribution in [0.3, 0.4) is 0 Å². The van der Waals surface area contributed by atoms with Crippen molar-refractivity contribution in [2.24, 2.45) is 0 Å². The van der Waals surface area contributed by atoms with Gasteiger partial charge in [0.2, 0.25) is 5.91 Å². The standard InChI is InChI=1S/C16H22N6O2/c1-24-15-4-2-3-13(9-15)10-21-7-5-14(6-8-21)18-16(23)11-22-12-17-19-20-22/h2-4,9,12,14H,5-8,10-11H2,1H3,(H,18,23). The van der Waals surface area contributed by atoms with Gasteiger partial charge in [-0.05, 0) is 41.0 Å². The van der Waals surface area contributed by atoms with Crippen molar-refractivity contribution in [1.29, 1.82) is 0 Å². The van der Waals surface area contributed by atoms with Crippen molar-refractivity contribution in [3.8, 4) is 5.75 Å². The Balaban J connectivity index is 1.42. The Morgan fingerprint density at radius 1 is 1.38 bits per heavy atom. The second-order valence-corrected chi connectivity index (χ2v) is 5.98. The van der Waals surface area contributed by atoms with Gasteiger partial charge in [0.15, 0.2) is 0 Å². The van der Waals surface area contributed by atoms with Gasteiger partial charge in [-0.15, -0.1) is 5.10 Å². The Morgan fingerprint density at radius 2 is 2.21 bits per heavy atom. The molecule has 0 unspecified atom stereocenters. The number of hydrogen-bond donors (Lipinski definition) is 1. The van der Waals surface area contributed by atoms with Crippen LogP contribution in [0, 0.1) is 0 Å². The molecule has 1 saturated heterocycles. The zero-order valence-electron chi connectivity index (χ0n) is 13.8. The molecule has 1 aliphatic rings. The molecule has 0 atom stereocenters. The molecule has 0 radical (unpaired) electrons. The van der Waals surface area contributed by atoms with Crippen molar-refractivity contribution in [2.75, 3.05) is 20.2 Å². The molecule has 0 bridgehead atoms. The van der Waals surface area contributed by atoms with Crippen molar-refractivity contribution < 1.29 is 9.53 Å². The highest BCUT2D eigenvalue weighted by molar-refractivity contribution is 5.75. The second kappa shape index (κ2) is 7.87. The average Bonchev–Trinajstić information content (AvgIpc) is 3.09. The summed E-state index contributed by atoms with van der Waals surface area (Å²) in [5.41, 5.74) is 1.25. The van der Waals surface area contributed by atoms with Crippen LogP contribution >= 0.6 is 0 Å². The van der Waals surface area contributed by atoms with E-state index in [2.05, 4.69) is 37.9 Å². The Kier molecular flexibility index (Phi) is 5.37. The molecule has 8 heteroatoms. The highest BCUT2D eigenvalue weighted by Gasteiger charge is 2.21. The first-order valence-electron chi connectivity index (χ1n) is 8.08. The van der Waals surface area contributed by atoms with Crippen molar-refractivity contribution in [2.45, 2.75) is 32.0 Å². The Labute approximate surface area is 140 Å². The molecule has 0 spiro atoms. The second-order valence-electron chi connectivity index (χ2n) is 5.98. The van der Waals surface area contributed by atoms with E-state index in [1.165, 1.54) is 16.6 Å². The summed E-state index contributed by atoms with van der Waals surface area (Å²) in [6.07, 6.45) is 3.34. The van der Waals surface area contributed by atoms with E-state index in [0.29, 0.717) is 0 Å². The average molecular weight is 330 g/mol. The molecule has 1 amide bonds. The molecule has 0 saturated carbocycles. The Hall–Kier alpha value is -2.48. The van der Waals surface area contributed by atoms with Crippen LogP contribution in [0.4, 0.5) is 0 Å². The minimum atomic E-state index is -0.0476. The zero-order valence-corrected chi connectivity index (χ0v) is 13.8. The van der Waals surface area contributed by atoms with Crippen LogP contribution in [0.2, 0.25) is 0 Å². The van der Waals surface area contributed by atoms with Crippen LogP contribution in [-0.2, 0) is 17.9 Å². The molecule has 2 aromatic rings. The quantitative estimate of drug-likeness (QED) is 0.828. The maximum atomic E-state index is 12.0. The number of likely N-dealkylation sites (tertiary alicyclic amines) is 1. The number of hydrogen-bond acceptors (Lipinski definition) is 6. The minimum Gasteiger partial charge on any atom is -0.497 e. The van der Waals surface area contributed by atoms with E-state index in [0.717, 1.165) is 38.2 Å². The van der Waals surface area contributed by atoms with E-state index < -0.39 is 0 Å². The number of ether oxygens (including phenoxy) is 1. The lowest BCUT2D eigenvalue weighted by atomic mass is 10.0. The summed E-state index contributed by atoms with van der Waals surface area (Å²) in [5, 5.41) is 13.8. The van der Waals surface area contributed by atoms with Gasteiger partial charge in [0, 0.05) is 25.7 Å². The van der Waals surface area contributed by atoms with Gasteiger partial charge in [0.25, 0.3) is 0 Å². The summed E-state index contributed by atoms with van der Waals surface area (Å²) in [4.78, 5) is 14.4. The fourth-order valence-corrected chi connectivity index (χ4v) is 2.94. The van der Waals surface area contributed by atoms with Crippen molar-refractivity contribution in [3.63, 3.8) is 0 Å². The van der Waals surface area contributed by atoms with E-state index >= 15 is 0 Å². The molecule has 1 N–H and O–H groups in total. The monoisotopic (exact) mass is 330 g/mol. The number of nitrogens with zero attached hydrogens (tertiary/aromatic N) is 5. The highest BCUT2D eigenvalue weighted by Crippen LogP contribution is 2.17. The maximum Gasteiger partial charge on any atom is 0.242 e. The van der Waals surface area contributed by atoms with Gasteiger partial charge < -0.3 is 10.1 Å². The van der Waals surface area contributed by atoms with Gasteiger partial charge in [-0.2, -0.15) is 0 Å². The lowest BCUT2D eigenvalue weighted by Crippen LogP contribution is -2.45. The van der Waals surface area contributed by atoms with Crippen LogP contribution in [0.5, 0.6) is 5.75 Å². The van der Waals surface area contributed by atoms with E-state index in [1.807, 2.05) is 12.1 Å². The Morgan fingerprint density at radius 3 is 2.92 bits per heavy atom. The topological polar surface area (TPSA) is 85.2 Å². The number of nitrogens with one attached hydrogen (secondary N) is 1. The zero-order chi connectivity index (χ0) is 16.8. The summed E-state index contributed by atoms with van der Waals surface area (Å²) in [6, 6.07) is 8.37. The van der Waals surface area contributed by atoms with E-state index in [1.54, 1.807) is 7.11 Å². The minimum absolute atomic E-state index is 0.0476. The maximum absolute atomic E-state index is 12.0. The van der Waals surface area contributed by atoms with Crippen LogP contribution in [0.15, 0.2) is 30.6 Å². The molecule has 0 aliphatic carbocycles. The summed E-state index contributed by atoms with van der Waals surface area (Å²) in [7, 11) is 1.68. The summed E-state index contributed by atoms with van der Waals surface area (Å²) in [5.74, 6) is 0.839. The first-order chi connectivity index (χ1) is 11.7. The molecule has 1 aliphatic heterocycles. The van der Waals surface area contributed by atoms with Gasteiger partial charge >= 0.3 is 0 Å². The van der Waals surface area contributed by atoms with Gasteiger partial charge in [-0.25, -0.2) is 4.68 Å². The van der Waals surface area contributed by atoms with Crippen LogP contribution in [0.25, 0.3) is 0 Å². The fraction of sp³-hybridized carbons (Fsp3) is 0.500. The third kappa shape index (κ3) is 4.51. The summed E-state index contributed by atoms with van der Waals surface area (Å²) < 4.78 is 6.69. The molecule has 24 heavy (non-hydrogen) atoms. The SMILES string of the molecule is COc1cccc(CN2CCC(NC(=O)Cn3cnnn3)CC2)c1. The number of carbonyl (C=O) groups is 1. The number of rotatable bonds is 6. The van der Waals surface area contributed by atoms with Crippen molar-refractivity contribution in [3.05, 3.63) is 36.2 Å². The Bertz CT molecular complexity index is 652.